The van der Waals surface area contributed by atoms with Gasteiger partial charge in [-0.3, -0.25) is 0 Å². The van der Waals surface area contributed by atoms with Gasteiger partial charge in [0.05, 0.1) is 41.0 Å². The molecule has 1 aliphatic heterocycles. The van der Waals surface area contributed by atoms with Crippen LogP contribution in [0.15, 0.2) is 40.9 Å². The topological polar surface area (TPSA) is 67.8 Å². The third kappa shape index (κ3) is 2.95. The van der Waals surface area contributed by atoms with Crippen molar-refractivity contribution in [1.82, 2.24) is 0 Å². The number of methoxy groups -OCH3 is 2. The Morgan fingerprint density at radius 2 is 2.07 bits per heavy atom. The van der Waals surface area contributed by atoms with E-state index in [0.29, 0.717) is 27.8 Å². The summed E-state index contributed by atoms with van der Waals surface area (Å²) in [6.45, 7) is 0. The van der Waals surface area contributed by atoms with E-state index in [1.54, 1.807) is 26.4 Å². The highest BCUT2D eigenvalue weighted by Gasteiger charge is 2.41. The van der Waals surface area contributed by atoms with Crippen LogP contribution in [0.3, 0.4) is 0 Å². The van der Waals surface area contributed by atoms with Crippen LogP contribution in [-0.4, -0.2) is 25.3 Å². The maximum Gasteiger partial charge on any atom is 0.336 e. The average molecular weight is 465 g/mol. The van der Waals surface area contributed by atoms with E-state index in [-0.39, 0.29) is 17.9 Å². The van der Waals surface area contributed by atoms with Crippen LogP contribution in [0.4, 0.5) is 5.69 Å². The molecule has 2 aromatic carbocycles. The lowest BCUT2D eigenvalue weighted by molar-refractivity contribution is 0.0695. The van der Waals surface area contributed by atoms with Crippen LogP contribution in [0.5, 0.6) is 11.5 Å². The zero-order chi connectivity index (χ0) is 20.0. The van der Waals surface area contributed by atoms with Crippen molar-refractivity contribution in [3.63, 3.8) is 0 Å². The number of anilines is 1. The Morgan fingerprint density at radius 3 is 2.75 bits per heavy atom. The highest BCUT2D eigenvalue weighted by Crippen LogP contribution is 2.53. The standard InChI is InChI=1S/C21H19BrClNO4/c1-27-16-9-10(8-14(22)20(16)28-2)18-12-5-3-4-11(12)17-13(21(25)26)6-7-15(23)19(17)24-18/h3-4,6-9,11-12,18,24H,5H2,1-2H3,(H,25,26)/t11-,12+,18+/m1/s1. The van der Waals surface area contributed by atoms with Gasteiger partial charge in [-0.15, -0.1) is 0 Å². The van der Waals surface area contributed by atoms with Gasteiger partial charge in [-0.05, 0) is 63.7 Å². The minimum absolute atomic E-state index is 0.0158. The van der Waals surface area contributed by atoms with E-state index in [1.165, 1.54) is 0 Å². The molecule has 0 bridgehead atoms. The predicted octanol–water partition coefficient (Wildman–Crippen LogP) is 5.64. The molecule has 0 radical (unpaired) electrons. The van der Waals surface area contributed by atoms with Gasteiger partial charge in [0.15, 0.2) is 11.5 Å². The Bertz CT molecular complexity index is 991. The van der Waals surface area contributed by atoms with Crippen LogP contribution in [-0.2, 0) is 0 Å². The maximum atomic E-state index is 11.8. The van der Waals surface area contributed by atoms with E-state index in [2.05, 4.69) is 33.4 Å². The smallest absolute Gasteiger partial charge is 0.336 e. The van der Waals surface area contributed by atoms with Crippen molar-refractivity contribution in [2.45, 2.75) is 18.4 Å². The summed E-state index contributed by atoms with van der Waals surface area (Å²) in [7, 11) is 3.20. The molecule has 1 heterocycles. The Labute approximate surface area is 176 Å². The minimum atomic E-state index is -0.943. The highest BCUT2D eigenvalue weighted by atomic mass is 79.9. The molecule has 7 heteroatoms. The number of hydrogen-bond donors (Lipinski definition) is 2. The number of halogens is 2. The quantitative estimate of drug-likeness (QED) is 0.573. The Kier molecular flexibility index (Phi) is 5.02. The third-order valence-corrected chi connectivity index (χ3v) is 6.42. The largest absolute Gasteiger partial charge is 0.493 e. The van der Waals surface area contributed by atoms with Gasteiger partial charge in [0.25, 0.3) is 0 Å². The van der Waals surface area contributed by atoms with E-state index >= 15 is 0 Å². The molecule has 0 unspecified atom stereocenters. The SMILES string of the molecule is COc1cc([C@@H]2Nc3c(Cl)ccc(C(=O)O)c3[C@@H]3C=CC[C@@H]32)cc(Br)c1OC. The van der Waals surface area contributed by atoms with Crippen LogP contribution in [0.1, 0.15) is 39.9 Å². The fourth-order valence-electron chi connectivity index (χ4n) is 4.31. The molecule has 4 rings (SSSR count). The number of carboxylic acid groups (broad SMARTS) is 1. The van der Waals surface area contributed by atoms with Crippen molar-refractivity contribution in [2.24, 2.45) is 5.92 Å². The number of hydrogen-bond acceptors (Lipinski definition) is 4. The van der Waals surface area contributed by atoms with Crippen LogP contribution in [0.2, 0.25) is 5.02 Å². The number of aromatic carboxylic acids is 1. The number of fused-ring (bicyclic) bond motifs is 3. The Hall–Kier alpha value is -2.18. The molecular formula is C21H19BrClNO4. The lowest BCUT2D eigenvalue weighted by Crippen LogP contribution is -2.30. The maximum absolute atomic E-state index is 11.8. The molecule has 1 aliphatic carbocycles. The molecule has 2 N–H and O–H groups in total. The van der Waals surface area contributed by atoms with E-state index < -0.39 is 5.97 Å². The van der Waals surface area contributed by atoms with Gasteiger partial charge in [0, 0.05) is 5.92 Å². The summed E-state index contributed by atoms with van der Waals surface area (Å²) in [5.41, 5.74) is 2.76. The molecule has 2 aromatic rings. The molecule has 2 aliphatic rings. The summed E-state index contributed by atoms with van der Waals surface area (Å²) < 4.78 is 11.7. The molecule has 0 saturated heterocycles. The summed E-state index contributed by atoms with van der Waals surface area (Å²) in [6.07, 6.45) is 5.05. The molecule has 0 fully saturated rings. The van der Waals surface area contributed by atoms with Gasteiger partial charge in [0.1, 0.15) is 0 Å². The molecule has 0 amide bonds. The van der Waals surface area contributed by atoms with Gasteiger partial charge in [-0.1, -0.05) is 23.8 Å². The molecule has 5 nitrogen and oxygen atoms in total. The van der Waals surface area contributed by atoms with Gasteiger partial charge in [0.2, 0.25) is 0 Å². The second-order valence-electron chi connectivity index (χ2n) is 6.90. The second-order valence-corrected chi connectivity index (χ2v) is 8.16. The Balaban J connectivity index is 1.86. The fraction of sp³-hybridized carbons (Fsp3) is 0.286. The molecule has 28 heavy (non-hydrogen) atoms. The molecular weight excluding hydrogens is 446 g/mol. The third-order valence-electron chi connectivity index (χ3n) is 5.51. The van der Waals surface area contributed by atoms with Gasteiger partial charge in [-0.25, -0.2) is 4.79 Å². The van der Waals surface area contributed by atoms with E-state index in [0.717, 1.165) is 22.0 Å². The number of rotatable bonds is 4. The number of carbonyl (C=O) groups is 1. The number of ether oxygens (including phenoxy) is 2. The summed E-state index contributed by atoms with van der Waals surface area (Å²) in [6, 6.07) is 7.13. The van der Waals surface area contributed by atoms with Crippen LogP contribution < -0.4 is 14.8 Å². The predicted molar refractivity (Wildman–Crippen MR) is 112 cm³/mol. The van der Waals surface area contributed by atoms with Crippen LogP contribution in [0, 0.1) is 5.92 Å². The van der Waals surface area contributed by atoms with Gasteiger partial charge >= 0.3 is 5.97 Å². The van der Waals surface area contributed by atoms with E-state index in [9.17, 15) is 9.90 Å². The van der Waals surface area contributed by atoms with Crippen LogP contribution >= 0.6 is 27.5 Å². The van der Waals surface area contributed by atoms with E-state index in [4.69, 9.17) is 21.1 Å². The normalized spacial score (nSPS) is 22.2. The molecule has 0 aromatic heterocycles. The summed E-state index contributed by atoms with van der Waals surface area (Å²) in [5, 5.41) is 13.7. The number of allylic oxidation sites excluding steroid dienone is 2. The van der Waals surface area contributed by atoms with Crippen molar-refractivity contribution in [1.29, 1.82) is 0 Å². The first kappa shape index (κ1) is 19.2. The molecule has 0 spiro atoms. The first-order chi connectivity index (χ1) is 13.5. The van der Waals surface area contributed by atoms with Crippen molar-refractivity contribution in [3.8, 4) is 11.5 Å². The summed E-state index contributed by atoms with van der Waals surface area (Å²) in [5.74, 6) is 0.482. The van der Waals surface area contributed by atoms with Crippen LogP contribution in [0.25, 0.3) is 0 Å². The summed E-state index contributed by atoms with van der Waals surface area (Å²) in [4.78, 5) is 11.8. The summed E-state index contributed by atoms with van der Waals surface area (Å²) >= 11 is 10.0. The molecule has 3 atom stereocenters. The van der Waals surface area contributed by atoms with Gasteiger partial charge < -0.3 is 19.9 Å². The zero-order valence-corrected chi connectivity index (χ0v) is 17.7. The second kappa shape index (κ2) is 7.33. The average Bonchev–Trinajstić information content (AvgIpc) is 3.16. The monoisotopic (exact) mass is 463 g/mol. The first-order valence-corrected chi connectivity index (χ1v) is 10.0. The van der Waals surface area contributed by atoms with E-state index in [1.807, 2.05) is 12.1 Å². The number of nitrogens with one attached hydrogen (secondary N) is 1. The zero-order valence-electron chi connectivity index (χ0n) is 15.3. The first-order valence-electron chi connectivity index (χ1n) is 8.86. The minimum Gasteiger partial charge on any atom is -0.493 e. The molecule has 146 valence electrons. The van der Waals surface area contributed by atoms with Crippen molar-refractivity contribution in [2.75, 3.05) is 19.5 Å². The van der Waals surface area contributed by atoms with Crippen molar-refractivity contribution < 1.29 is 19.4 Å². The molecule has 0 saturated carbocycles. The lowest BCUT2D eigenvalue weighted by Gasteiger charge is -2.38. The van der Waals surface area contributed by atoms with Crippen molar-refractivity contribution >= 4 is 39.2 Å². The lowest BCUT2D eigenvalue weighted by atomic mass is 9.75. The number of benzene rings is 2. The Morgan fingerprint density at radius 1 is 1.29 bits per heavy atom. The van der Waals surface area contributed by atoms with Crippen molar-refractivity contribution in [3.05, 3.63) is 62.6 Å². The fourth-order valence-corrected chi connectivity index (χ4v) is 5.15. The number of carboxylic acids is 1. The van der Waals surface area contributed by atoms with Gasteiger partial charge in [-0.2, -0.15) is 0 Å². The highest BCUT2D eigenvalue weighted by molar-refractivity contribution is 9.10.